The minimum absolute atomic E-state index is 0.104. The molecule has 2 heterocycles. The van der Waals surface area contributed by atoms with Crippen LogP contribution in [0.15, 0.2) is 53.5 Å². The molecule has 0 N–H and O–H groups in total. The van der Waals surface area contributed by atoms with Gasteiger partial charge < -0.3 is 18.8 Å². The molecular weight excluding hydrogens is 380 g/mol. The van der Waals surface area contributed by atoms with Crippen LogP contribution in [-0.4, -0.2) is 36.3 Å². The lowest BCUT2D eigenvalue weighted by molar-refractivity contribution is -0.140. The first-order valence-corrected chi connectivity index (χ1v) is 9.59. The SMILES string of the molecule is COC(=O)CCn1c(=NC(=O)[C@H]2COc3ccccc3O2)sc2ccccc21. The number of amides is 1. The van der Waals surface area contributed by atoms with Crippen LogP contribution in [0.2, 0.25) is 0 Å². The molecule has 0 spiro atoms. The van der Waals surface area contributed by atoms with Crippen molar-refractivity contribution in [1.82, 2.24) is 4.57 Å². The van der Waals surface area contributed by atoms with Gasteiger partial charge in [-0.2, -0.15) is 4.99 Å². The van der Waals surface area contributed by atoms with Gasteiger partial charge in [-0.3, -0.25) is 9.59 Å². The fraction of sp³-hybridized carbons (Fsp3) is 0.250. The standard InChI is InChI=1S/C20H18N2O5S/c1-25-18(23)10-11-22-13-6-2-5-9-17(13)28-20(22)21-19(24)16-12-26-14-7-3-4-8-15(14)27-16/h2-9,16H,10-12H2,1H3/t16-/m1/s1. The summed E-state index contributed by atoms with van der Waals surface area (Å²) >= 11 is 1.39. The van der Waals surface area contributed by atoms with Gasteiger partial charge >= 0.3 is 5.97 Å². The maximum atomic E-state index is 12.7. The van der Waals surface area contributed by atoms with E-state index in [1.54, 1.807) is 12.1 Å². The summed E-state index contributed by atoms with van der Waals surface area (Å²) in [6.45, 7) is 0.472. The van der Waals surface area contributed by atoms with E-state index < -0.39 is 12.0 Å². The van der Waals surface area contributed by atoms with Crippen molar-refractivity contribution in [1.29, 1.82) is 0 Å². The van der Waals surface area contributed by atoms with Gasteiger partial charge in [0.25, 0.3) is 5.91 Å². The van der Waals surface area contributed by atoms with E-state index in [1.807, 2.05) is 41.0 Å². The van der Waals surface area contributed by atoms with Gasteiger partial charge in [0, 0.05) is 6.54 Å². The van der Waals surface area contributed by atoms with Gasteiger partial charge in [0.15, 0.2) is 16.3 Å². The molecule has 144 valence electrons. The summed E-state index contributed by atoms with van der Waals surface area (Å²) in [6, 6.07) is 14.9. The minimum atomic E-state index is -0.811. The predicted molar refractivity (Wildman–Crippen MR) is 103 cm³/mol. The molecule has 1 aliphatic rings. The summed E-state index contributed by atoms with van der Waals surface area (Å²) in [5.74, 6) is 0.396. The second-order valence-corrected chi connectivity index (χ2v) is 7.15. The van der Waals surface area contributed by atoms with E-state index in [0.717, 1.165) is 10.2 Å². The topological polar surface area (TPSA) is 79.1 Å². The van der Waals surface area contributed by atoms with E-state index in [2.05, 4.69) is 4.99 Å². The zero-order valence-electron chi connectivity index (χ0n) is 15.2. The van der Waals surface area contributed by atoms with E-state index in [4.69, 9.17) is 14.2 Å². The lowest BCUT2D eigenvalue weighted by Gasteiger charge is -2.23. The highest BCUT2D eigenvalue weighted by Gasteiger charge is 2.27. The summed E-state index contributed by atoms with van der Waals surface area (Å²) in [7, 11) is 1.35. The number of aryl methyl sites for hydroxylation is 1. The van der Waals surface area contributed by atoms with Gasteiger partial charge in [-0.25, -0.2) is 0 Å². The molecule has 0 unspecified atom stereocenters. The molecule has 1 aromatic heterocycles. The lowest BCUT2D eigenvalue weighted by atomic mass is 10.2. The molecule has 3 aromatic rings. The maximum Gasteiger partial charge on any atom is 0.307 e. The average molecular weight is 398 g/mol. The van der Waals surface area contributed by atoms with Crippen molar-refractivity contribution in [2.45, 2.75) is 19.1 Å². The number of aromatic nitrogens is 1. The summed E-state index contributed by atoms with van der Waals surface area (Å²) in [5.41, 5.74) is 0.911. The van der Waals surface area contributed by atoms with Crippen molar-refractivity contribution in [3.05, 3.63) is 53.3 Å². The van der Waals surface area contributed by atoms with Crippen molar-refractivity contribution in [3.63, 3.8) is 0 Å². The number of nitrogens with zero attached hydrogens (tertiary/aromatic N) is 2. The van der Waals surface area contributed by atoms with Gasteiger partial charge in [0.2, 0.25) is 6.10 Å². The first-order chi connectivity index (χ1) is 13.7. The van der Waals surface area contributed by atoms with Crippen LogP contribution >= 0.6 is 11.3 Å². The Balaban J connectivity index is 1.65. The number of carbonyl (C=O) groups is 2. The molecule has 0 saturated heterocycles. The number of esters is 1. The quantitative estimate of drug-likeness (QED) is 0.631. The van der Waals surface area contributed by atoms with E-state index >= 15 is 0 Å². The predicted octanol–water partition coefficient (Wildman–Crippen LogP) is 2.53. The Morgan fingerprint density at radius 3 is 2.75 bits per heavy atom. The molecule has 1 amide bonds. The number of hydrogen-bond acceptors (Lipinski definition) is 6. The van der Waals surface area contributed by atoms with Crippen LogP contribution in [0.3, 0.4) is 0 Å². The first-order valence-electron chi connectivity index (χ1n) is 8.78. The normalized spacial score (nSPS) is 16.2. The van der Waals surface area contributed by atoms with Gasteiger partial charge in [-0.15, -0.1) is 0 Å². The first kappa shape index (κ1) is 18.2. The second-order valence-electron chi connectivity index (χ2n) is 6.14. The highest BCUT2D eigenvalue weighted by Crippen LogP contribution is 2.31. The van der Waals surface area contributed by atoms with Crippen molar-refractivity contribution < 1.29 is 23.8 Å². The molecular formula is C20H18N2O5S. The molecule has 0 aliphatic carbocycles. The van der Waals surface area contributed by atoms with E-state index in [9.17, 15) is 9.59 Å². The third kappa shape index (κ3) is 3.63. The van der Waals surface area contributed by atoms with Crippen LogP contribution in [0.5, 0.6) is 11.5 Å². The Morgan fingerprint density at radius 2 is 1.93 bits per heavy atom. The van der Waals surface area contributed by atoms with Gasteiger partial charge in [0.1, 0.15) is 6.61 Å². The fourth-order valence-corrected chi connectivity index (χ4v) is 4.00. The number of methoxy groups -OCH3 is 1. The van der Waals surface area contributed by atoms with Crippen LogP contribution in [0, 0.1) is 0 Å². The Kier molecular flexibility index (Phi) is 5.12. The molecule has 0 bridgehead atoms. The summed E-state index contributed by atoms with van der Waals surface area (Å²) in [6.07, 6.45) is -0.621. The number of para-hydroxylation sites is 3. The molecule has 8 heteroatoms. The largest absolute Gasteiger partial charge is 0.485 e. The van der Waals surface area contributed by atoms with Crippen molar-refractivity contribution >= 4 is 33.4 Å². The van der Waals surface area contributed by atoms with E-state index in [-0.39, 0.29) is 19.0 Å². The van der Waals surface area contributed by atoms with Gasteiger partial charge in [-0.1, -0.05) is 35.6 Å². The number of ether oxygens (including phenoxy) is 3. The Labute approximate surface area is 164 Å². The Morgan fingerprint density at radius 1 is 1.18 bits per heavy atom. The molecule has 28 heavy (non-hydrogen) atoms. The second kappa shape index (κ2) is 7.85. The van der Waals surface area contributed by atoms with Gasteiger partial charge in [-0.05, 0) is 24.3 Å². The van der Waals surface area contributed by atoms with Crippen LogP contribution in [-0.2, 0) is 20.9 Å². The van der Waals surface area contributed by atoms with E-state index in [1.165, 1.54) is 18.4 Å². The Hall–Kier alpha value is -3.13. The summed E-state index contributed by atoms with van der Waals surface area (Å²) < 4.78 is 18.9. The number of rotatable bonds is 4. The number of hydrogen-bond donors (Lipinski definition) is 0. The van der Waals surface area contributed by atoms with Crippen LogP contribution < -0.4 is 14.3 Å². The zero-order chi connectivity index (χ0) is 19.5. The molecule has 0 fully saturated rings. The number of carbonyl (C=O) groups excluding carboxylic acids is 2. The number of benzene rings is 2. The smallest absolute Gasteiger partial charge is 0.307 e. The number of thiazole rings is 1. The summed E-state index contributed by atoms with van der Waals surface area (Å²) in [5, 5.41) is 0. The highest BCUT2D eigenvalue weighted by atomic mass is 32.1. The van der Waals surface area contributed by atoms with Crippen LogP contribution in [0.4, 0.5) is 0 Å². The maximum absolute atomic E-state index is 12.7. The molecule has 0 radical (unpaired) electrons. The van der Waals surface area contributed by atoms with Crippen molar-refractivity contribution in [2.24, 2.45) is 4.99 Å². The van der Waals surface area contributed by atoms with Gasteiger partial charge in [0.05, 0.1) is 23.7 Å². The summed E-state index contributed by atoms with van der Waals surface area (Å²) in [4.78, 5) is 29.1. The molecule has 2 aromatic carbocycles. The highest BCUT2D eigenvalue weighted by molar-refractivity contribution is 7.16. The van der Waals surface area contributed by atoms with Crippen molar-refractivity contribution in [3.8, 4) is 11.5 Å². The molecule has 7 nitrogen and oxygen atoms in total. The lowest BCUT2D eigenvalue weighted by Crippen LogP contribution is -2.36. The third-order valence-electron chi connectivity index (χ3n) is 4.35. The Bertz CT molecular complexity index is 1100. The average Bonchev–Trinajstić information content (AvgIpc) is 3.08. The molecule has 1 atom stereocenters. The number of fused-ring (bicyclic) bond motifs is 2. The third-order valence-corrected chi connectivity index (χ3v) is 5.40. The molecule has 1 aliphatic heterocycles. The molecule has 0 saturated carbocycles. The van der Waals surface area contributed by atoms with Crippen LogP contribution in [0.25, 0.3) is 10.2 Å². The molecule has 4 rings (SSSR count). The monoisotopic (exact) mass is 398 g/mol. The van der Waals surface area contributed by atoms with Crippen molar-refractivity contribution in [2.75, 3.05) is 13.7 Å². The van der Waals surface area contributed by atoms with E-state index in [0.29, 0.717) is 22.8 Å². The van der Waals surface area contributed by atoms with Crippen LogP contribution in [0.1, 0.15) is 6.42 Å². The fourth-order valence-electron chi connectivity index (χ4n) is 2.93. The zero-order valence-corrected chi connectivity index (χ0v) is 16.0. The minimum Gasteiger partial charge on any atom is -0.485 e.